The van der Waals surface area contributed by atoms with E-state index < -0.39 is 39.8 Å². The molecule has 0 saturated carbocycles. The largest absolute Gasteiger partial charge is 0.466 e. The first kappa shape index (κ1) is 33.7. The van der Waals surface area contributed by atoms with E-state index in [-0.39, 0.29) is 37.6 Å². The number of halogens is 6. The van der Waals surface area contributed by atoms with Crippen LogP contribution in [0.15, 0.2) is 52.3 Å². The number of benzene rings is 2. The number of nitrogens with zero attached hydrogens (tertiary/aromatic N) is 2. The van der Waals surface area contributed by atoms with E-state index in [0.29, 0.717) is 35.2 Å². The number of anilines is 1. The Hall–Kier alpha value is -3.19. The van der Waals surface area contributed by atoms with Gasteiger partial charge in [0.15, 0.2) is 0 Å². The van der Waals surface area contributed by atoms with Crippen LogP contribution in [0, 0.1) is 5.92 Å². The maximum Gasteiger partial charge on any atom is 0.418 e. The molecule has 1 amide bonds. The van der Waals surface area contributed by atoms with Gasteiger partial charge in [-0.25, -0.2) is 0 Å². The smallest absolute Gasteiger partial charge is 0.418 e. The Balaban J connectivity index is 1.56. The second-order valence-electron chi connectivity index (χ2n) is 10.9. The minimum atomic E-state index is -5.35. The van der Waals surface area contributed by atoms with Gasteiger partial charge in [-0.2, -0.15) is 26.3 Å². The van der Waals surface area contributed by atoms with Crippen molar-refractivity contribution in [3.63, 3.8) is 0 Å². The molecular weight excluding hydrogens is 608 g/mol. The molecule has 2 aromatic rings. The van der Waals surface area contributed by atoms with Gasteiger partial charge in [-0.1, -0.05) is 23.9 Å². The van der Waals surface area contributed by atoms with Crippen LogP contribution < -0.4 is 5.32 Å². The van der Waals surface area contributed by atoms with Crippen LogP contribution in [-0.2, 0) is 26.7 Å². The van der Waals surface area contributed by atoms with Crippen molar-refractivity contribution in [1.82, 2.24) is 9.80 Å². The summed E-state index contributed by atoms with van der Waals surface area (Å²) in [4.78, 5) is 28.0. The van der Waals surface area contributed by atoms with Crippen LogP contribution in [0.25, 0.3) is 6.08 Å². The summed E-state index contributed by atoms with van der Waals surface area (Å²) in [6, 6.07) is 8.76. The normalized spacial score (nSPS) is 17.7. The van der Waals surface area contributed by atoms with Crippen LogP contribution in [0.3, 0.4) is 0 Å². The first-order valence-corrected chi connectivity index (χ1v) is 15.3. The van der Waals surface area contributed by atoms with E-state index in [1.165, 1.54) is 4.90 Å². The number of hydrogen-bond acceptors (Lipinski definition) is 6. The third kappa shape index (κ3) is 8.71. The van der Waals surface area contributed by atoms with E-state index in [0.717, 1.165) is 50.2 Å². The molecule has 0 atom stereocenters. The van der Waals surface area contributed by atoms with E-state index >= 15 is 0 Å². The summed E-state index contributed by atoms with van der Waals surface area (Å²) < 4.78 is 90.8. The molecule has 44 heavy (non-hydrogen) atoms. The molecule has 6 nitrogen and oxygen atoms in total. The number of nitrogens with one attached hydrogen (secondary N) is 1. The molecule has 0 bridgehead atoms. The third-order valence-corrected chi connectivity index (χ3v) is 8.80. The summed E-state index contributed by atoms with van der Waals surface area (Å²) in [7, 11) is 2.03. The Morgan fingerprint density at radius 1 is 0.955 bits per heavy atom. The Labute approximate surface area is 256 Å². The number of esters is 1. The van der Waals surface area contributed by atoms with E-state index in [1.807, 2.05) is 7.05 Å². The molecule has 0 spiro atoms. The highest BCUT2D eigenvalue weighted by Crippen LogP contribution is 2.48. The van der Waals surface area contributed by atoms with Gasteiger partial charge in [0.1, 0.15) is 0 Å². The van der Waals surface area contributed by atoms with Gasteiger partial charge in [-0.15, -0.1) is 0 Å². The monoisotopic (exact) mass is 643 g/mol. The first-order valence-electron chi connectivity index (χ1n) is 14.4. The van der Waals surface area contributed by atoms with E-state index in [1.54, 1.807) is 31.2 Å². The number of ether oxygens (including phenoxy) is 1. The Morgan fingerprint density at radius 2 is 1.61 bits per heavy atom. The van der Waals surface area contributed by atoms with Crippen molar-refractivity contribution in [2.45, 2.75) is 60.8 Å². The second-order valence-corrected chi connectivity index (χ2v) is 12.1. The van der Waals surface area contributed by atoms with Gasteiger partial charge >= 0.3 is 18.3 Å². The lowest BCUT2D eigenvalue weighted by atomic mass is 9.96. The van der Waals surface area contributed by atoms with Crippen LogP contribution in [0.4, 0.5) is 32.0 Å². The highest BCUT2D eigenvalue weighted by molar-refractivity contribution is 7.99. The maximum absolute atomic E-state index is 14.3. The molecule has 0 aromatic heterocycles. The molecule has 2 aliphatic heterocycles. The summed E-state index contributed by atoms with van der Waals surface area (Å²) in [5, 5.41) is 3.37. The van der Waals surface area contributed by atoms with Gasteiger partial charge in [0.05, 0.1) is 23.7 Å². The van der Waals surface area contributed by atoms with Crippen LogP contribution in [0.2, 0.25) is 0 Å². The zero-order valence-corrected chi connectivity index (χ0v) is 25.2. The van der Waals surface area contributed by atoms with E-state index in [2.05, 4.69) is 10.2 Å². The molecule has 240 valence electrons. The van der Waals surface area contributed by atoms with Gasteiger partial charge in [-0.3, -0.25) is 9.59 Å². The lowest BCUT2D eigenvalue weighted by Gasteiger charge is -2.30. The molecule has 1 N–H and O–H groups in total. The molecular formula is C31H35F6N3O3S. The van der Waals surface area contributed by atoms with Gasteiger partial charge in [-0.05, 0) is 88.6 Å². The molecule has 0 radical (unpaired) electrons. The first-order chi connectivity index (χ1) is 20.8. The number of carbonyl (C=O) groups excluding carboxylic acids is 2. The highest BCUT2D eigenvalue weighted by atomic mass is 32.2. The Bertz CT molecular complexity index is 1350. The highest BCUT2D eigenvalue weighted by Gasteiger charge is 2.46. The van der Waals surface area contributed by atoms with Crippen molar-refractivity contribution in [1.29, 1.82) is 0 Å². The van der Waals surface area contributed by atoms with Crippen molar-refractivity contribution in [2.24, 2.45) is 5.92 Å². The number of rotatable bonds is 8. The number of likely N-dealkylation sites (tertiary alicyclic amines) is 2. The molecule has 2 heterocycles. The minimum absolute atomic E-state index is 0.174. The van der Waals surface area contributed by atoms with E-state index in [4.69, 9.17) is 4.74 Å². The van der Waals surface area contributed by atoms with Gasteiger partial charge < -0.3 is 19.9 Å². The van der Waals surface area contributed by atoms with Crippen molar-refractivity contribution in [2.75, 3.05) is 45.2 Å². The molecule has 4 rings (SSSR count). The van der Waals surface area contributed by atoms with Crippen molar-refractivity contribution in [3.05, 3.63) is 59.2 Å². The number of hydrogen-bond donors (Lipinski definition) is 1. The molecule has 2 aliphatic rings. The fraction of sp³-hybridized carbons (Fsp3) is 0.484. The lowest BCUT2D eigenvalue weighted by molar-refractivity contribution is -0.163. The number of piperidine rings is 2. The number of amides is 1. The molecule has 2 saturated heterocycles. The Kier molecular flexibility index (Phi) is 10.9. The topological polar surface area (TPSA) is 61.9 Å². The summed E-state index contributed by atoms with van der Waals surface area (Å²) in [5.74, 6) is -1.41. The van der Waals surface area contributed by atoms with Gasteiger partial charge in [0, 0.05) is 40.7 Å². The molecule has 2 aromatic carbocycles. The van der Waals surface area contributed by atoms with Crippen molar-refractivity contribution < 1.29 is 40.7 Å². The molecule has 0 unspecified atom stereocenters. The van der Waals surface area contributed by atoms with Crippen LogP contribution >= 0.6 is 11.8 Å². The zero-order valence-electron chi connectivity index (χ0n) is 24.4. The van der Waals surface area contributed by atoms with Crippen molar-refractivity contribution >= 4 is 35.4 Å². The predicted octanol–water partition coefficient (Wildman–Crippen LogP) is 7.20. The van der Waals surface area contributed by atoms with Crippen LogP contribution in [0.1, 0.15) is 49.3 Å². The van der Waals surface area contributed by atoms with Crippen LogP contribution in [-0.4, -0.2) is 67.6 Å². The average molecular weight is 644 g/mol. The van der Waals surface area contributed by atoms with Crippen molar-refractivity contribution in [3.8, 4) is 0 Å². The lowest BCUT2D eigenvalue weighted by Crippen LogP contribution is -2.39. The average Bonchev–Trinajstić information content (AvgIpc) is 2.96. The third-order valence-electron chi connectivity index (χ3n) is 7.75. The molecule has 2 fully saturated rings. The summed E-state index contributed by atoms with van der Waals surface area (Å²) >= 11 is 0.604. The van der Waals surface area contributed by atoms with E-state index in [9.17, 15) is 35.9 Å². The molecule has 13 heteroatoms. The minimum Gasteiger partial charge on any atom is -0.466 e. The second kappa shape index (κ2) is 14.3. The fourth-order valence-corrected chi connectivity index (χ4v) is 6.48. The SMILES string of the molecule is CCOC(=O)C1CCN(C(=O)C=Cc2ccc(Sc3cccc(NC4CCN(C)CC4)c3)c(C(F)(F)F)c2C(F)(F)F)CC1. The summed E-state index contributed by atoms with van der Waals surface area (Å²) in [5.41, 5.74) is -3.73. The standard InChI is InChI=1S/C31H35F6N3O3S/c1-3-43-29(42)21-11-17-40(18-12-21)26(41)10-8-20-7-9-25(28(31(35,36)37)27(20)30(32,33)34)44-24-6-4-5-23(19-24)38-22-13-15-39(2)16-14-22/h4-10,19,21-22,38H,3,11-18H2,1-2H3. The van der Waals surface area contributed by atoms with Gasteiger partial charge in [0.2, 0.25) is 5.91 Å². The van der Waals surface area contributed by atoms with Gasteiger partial charge in [0.25, 0.3) is 0 Å². The number of alkyl halides is 6. The number of carbonyl (C=O) groups is 2. The molecule has 0 aliphatic carbocycles. The Morgan fingerprint density at radius 3 is 2.23 bits per heavy atom. The predicted molar refractivity (Wildman–Crippen MR) is 156 cm³/mol. The quantitative estimate of drug-likeness (QED) is 0.187. The zero-order chi connectivity index (χ0) is 32.1. The maximum atomic E-state index is 14.3. The summed E-state index contributed by atoms with van der Waals surface area (Å²) in [6.45, 7) is 4.06. The van der Waals surface area contributed by atoms with Crippen LogP contribution in [0.5, 0.6) is 0 Å². The summed E-state index contributed by atoms with van der Waals surface area (Å²) in [6.07, 6.45) is -6.61. The fourth-order valence-electron chi connectivity index (χ4n) is 5.44.